The van der Waals surface area contributed by atoms with E-state index >= 15 is 0 Å². The molecule has 0 unspecified atom stereocenters. The summed E-state index contributed by atoms with van der Waals surface area (Å²) in [5.74, 6) is 0.355. The van der Waals surface area contributed by atoms with Crippen LogP contribution in [0.5, 0.6) is 0 Å². The minimum atomic E-state index is 0. The fourth-order valence-corrected chi connectivity index (χ4v) is 1.84. The molecule has 0 atom stereocenters. The standard InChI is InChI=1S/C9H9NO2.8W/c1-4-7(3)9(10)8(5-2)12-6-11;;;;;;;;/h1-3H3;;;;;;;;/q-2;;;;;;;;. The first-order chi connectivity index (χ1) is 6.58. The minimum absolute atomic E-state index is 0. The molecule has 0 bridgehead atoms. The van der Waals surface area contributed by atoms with Crippen molar-refractivity contribution >= 4 is 10.4 Å². The van der Waals surface area contributed by atoms with Crippen LogP contribution < -0.4 is 0 Å². The fourth-order valence-electron chi connectivity index (χ4n) is 0.706. The van der Waals surface area contributed by atoms with Crippen LogP contribution in [0.25, 0.3) is 0 Å². The molecular weight excluding hydrogens is 1620 g/mol. The van der Waals surface area contributed by atoms with Crippen molar-refractivity contribution in [3.05, 3.63) is 23.1 Å². The fraction of sp³-hybridized carbons (Fsp3) is 0.333. The molecule has 0 aliphatic rings. The molecule has 0 saturated carbocycles. The van der Waals surface area contributed by atoms with E-state index in [2.05, 4.69) is 14.3 Å². The third kappa shape index (κ3) is 18.5. The van der Waals surface area contributed by atoms with Crippen molar-refractivity contribution in [1.82, 2.24) is 0 Å². The zero-order chi connectivity index (χ0) is 11.1. The topological polar surface area (TPSA) is 38.7 Å². The maximum absolute atomic E-state index is 10.1. The predicted molar refractivity (Wildman–Crippen MR) is 45.0 cm³/mol. The molecule has 11 heteroatoms. The van der Waals surface area contributed by atoms with E-state index in [1.54, 1.807) is 6.92 Å². The Kier molecular flexibility index (Phi) is 61.5. The second kappa shape index (κ2) is 28.0. The van der Waals surface area contributed by atoms with E-state index in [1.165, 1.54) is 29.7 Å². The average Bonchev–Trinajstić information content (AvgIpc) is 2.17. The SMILES string of the molecule is C[C-]=C(O[C-]=O)C([N]=[W])=C(C)[C](C)=[W].[W].[W].[W].[W].[W].[W]. The van der Waals surface area contributed by atoms with Gasteiger partial charge in [-0.3, -0.25) is 0 Å². The van der Waals surface area contributed by atoms with E-state index in [9.17, 15) is 4.79 Å². The molecule has 0 aromatic rings. The Bertz CT molecular complexity index is 330. The zero-order valence-corrected chi connectivity index (χ0v) is 34.0. The molecule has 0 rings (SSSR count). The molecule has 0 aliphatic carbocycles. The third-order valence-electron chi connectivity index (χ3n) is 1.56. The van der Waals surface area contributed by atoms with Crippen LogP contribution in [-0.4, -0.2) is 10.4 Å². The number of ether oxygens (including phenoxy) is 1. The van der Waals surface area contributed by atoms with Crippen LogP contribution in [0.4, 0.5) is 0 Å². The molecule has 0 aliphatic heterocycles. The summed E-state index contributed by atoms with van der Waals surface area (Å²) < 4.78 is 10.0. The number of hydrogen-bond acceptors (Lipinski definition) is 3. The summed E-state index contributed by atoms with van der Waals surface area (Å²) in [7, 11) is 0. The van der Waals surface area contributed by atoms with Crippen LogP contribution in [0.2, 0.25) is 0 Å². The van der Waals surface area contributed by atoms with Gasteiger partial charge in [-0.05, 0) is 0 Å². The third-order valence-corrected chi connectivity index (χ3v) is 3.32. The van der Waals surface area contributed by atoms with Gasteiger partial charge in [0.1, 0.15) is 0 Å². The van der Waals surface area contributed by atoms with Crippen molar-refractivity contribution in [3.8, 4) is 0 Å². The van der Waals surface area contributed by atoms with Crippen LogP contribution >= 0.6 is 0 Å². The van der Waals surface area contributed by atoms with Crippen molar-refractivity contribution in [1.29, 1.82) is 0 Å². The van der Waals surface area contributed by atoms with E-state index in [0.717, 1.165) is 25.2 Å². The van der Waals surface area contributed by atoms with Crippen molar-refractivity contribution in [2.75, 3.05) is 0 Å². The first-order valence-electron chi connectivity index (χ1n) is 3.72. The monoisotopic (exact) mass is 1630 g/mol. The molecule has 0 fully saturated rings. The van der Waals surface area contributed by atoms with Gasteiger partial charge < -0.3 is 0 Å². The number of allylic oxidation sites excluding steroid dienone is 2. The van der Waals surface area contributed by atoms with Gasteiger partial charge in [-0.15, -0.1) is 0 Å². The first-order valence-corrected chi connectivity index (χ1v) is 6.50. The molecule has 0 aromatic heterocycles. The smallest absolute Gasteiger partial charge is 0 e. The Morgan fingerprint density at radius 1 is 1.05 bits per heavy atom. The van der Waals surface area contributed by atoms with Gasteiger partial charge in [0.2, 0.25) is 0 Å². The second-order valence-corrected chi connectivity index (χ2v) is 5.24. The van der Waals surface area contributed by atoms with Crippen molar-refractivity contribution in [2.24, 2.45) is 3.50 Å². The predicted octanol–water partition coefficient (Wildman–Crippen LogP) is 1.51. The largest absolute Gasteiger partial charge is 0 e. The van der Waals surface area contributed by atoms with Crippen LogP contribution in [0.15, 0.2) is 20.5 Å². The number of carbonyl (C=O) groups excluding carboxylic acids is 1. The maximum Gasteiger partial charge on any atom is 0 e. The van der Waals surface area contributed by atoms with Gasteiger partial charge in [-0.25, -0.2) is 0 Å². The Hall–Kier alpha value is 4.13. The van der Waals surface area contributed by atoms with E-state index in [-0.39, 0.29) is 126 Å². The van der Waals surface area contributed by atoms with E-state index in [4.69, 9.17) is 0 Å². The molecule has 112 valence electrons. The Labute approximate surface area is 228 Å². The van der Waals surface area contributed by atoms with Gasteiger partial charge in [0, 0.05) is 126 Å². The van der Waals surface area contributed by atoms with Crippen molar-refractivity contribution in [3.63, 3.8) is 0 Å². The molecular formula is C9H9NO2W8-2. The van der Waals surface area contributed by atoms with Gasteiger partial charge in [-0.2, -0.15) is 0 Å². The van der Waals surface area contributed by atoms with Gasteiger partial charge in [0.05, 0.1) is 0 Å². The van der Waals surface area contributed by atoms with E-state index in [0.29, 0.717) is 11.5 Å². The summed E-state index contributed by atoms with van der Waals surface area (Å²) in [6.45, 7) is 7.04. The van der Waals surface area contributed by atoms with E-state index in [1.807, 2.05) is 13.8 Å². The summed E-state index contributed by atoms with van der Waals surface area (Å²) >= 11 is 2.44. The molecule has 0 spiro atoms. The molecule has 0 aromatic carbocycles. The second-order valence-electron chi connectivity index (χ2n) is 2.39. The molecule has 0 amide bonds. The van der Waals surface area contributed by atoms with Gasteiger partial charge in [0.15, 0.2) is 0 Å². The zero-order valence-electron chi connectivity index (χ0n) is 10.5. The normalized spacial score (nSPS) is 9.05. The Morgan fingerprint density at radius 3 is 1.65 bits per heavy atom. The van der Waals surface area contributed by atoms with Gasteiger partial charge >= 0.3 is 106 Å². The maximum atomic E-state index is 10.1. The Balaban J connectivity index is -0.0000000563. The van der Waals surface area contributed by atoms with Crippen LogP contribution in [0.1, 0.15) is 20.8 Å². The molecule has 0 heterocycles. The summed E-state index contributed by atoms with van der Waals surface area (Å²) in [5, 5.41) is 0. The molecule has 3 nitrogen and oxygen atoms in total. The average molecular weight is 1630 g/mol. The quantitative estimate of drug-likeness (QED) is 0.239. The van der Waals surface area contributed by atoms with E-state index < -0.39 is 0 Å². The van der Waals surface area contributed by atoms with Crippen molar-refractivity contribution < 1.29 is 175 Å². The minimum Gasteiger partial charge on any atom is 0 e. The molecule has 0 saturated heterocycles. The van der Waals surface area contributed by atoms with Crippen LogP contribution in [0.3, 0.4) is 0 Å². The molecule has 0 radical (unpaired) electrons. The summed E-state index contributed by atoms with van der Waals surface area (Å²) in [6, 6.07) is 0. The number of rotatable bonds is 5. The number of hydrogen-bond donors (Lipinski definition) is 0. The first kappa shape index (κ1) is 44.0. The van der Waals surface area contributed by atoms with Crippen LogP contribution in [-0.2, 0) is 175 Å². The van der Waals surface area contributed by atoms with Gasteiger partial charge in [-0.1, -0.05) is 0 Å². The van der Waals surface area contributed by atoms with Gasteiger partial charge in [0.25, 0.3) is 0 Å². The summed E-state index contributed by atoms with van der Waals surface area (Å²) in [5.41, 5.74) is 1.73. The molecule has 20 heavy (non-hydrogen) atoms. The summed E-state index contributed by atoms with van der Waals surface area (Å²) in [6.07, 6.45) is 2.78. The summed E-state index contributed by atoms with van der Waals surface area (Å²) in [4.78, 5) is 10.1. The van der Waals surface area contributed by atoms with Crippen LogP contribution in [0, 0.1) is 6.08 Å². The van der Waals surface area contributed by atoms with Crippen molar-refractivity contribution in [2.45, 2.75) is 20.8 Å². The Morgan fingerprint density at radius 2 is 1.45 bits per heavy atom. The molecule has 0 N–H and O–H groups in total. The number of nitrogens with zero attached hydrogens (tertiary/aromatic N) is 1.